The Kier molecular flexibility index (Phi) is 3.73. The van der Waals surface area contributed by atoms with Crippen LogP contribution in [0.2, 0.25) is 0 Å². The Hall–Kier alpha value is -2.46. The van der Waals surface area contributed by atoms with Crippen LogP contribution in [0, 0.1) is 17.1 Å². The largest absolute Gasteiger partial charge is 0.465 e. The molecule has 0 aliphatic heterocycles. The maximum atomic E-state index is 13.6. The number of nitrogens with zero attached hydrogens (tertiary/aromatic N) is 2. The highest BCUT2D eigenvalue weighted by molar-refractivity contribution is 7.17. The standard InChI is InChI=1S/C12H8FN3O2S/c1-18-11(17)10-6-15-12(19-10)16-9-3-2-7(5-14)4-8(9)13/h2-4,6H,1H3,(H,15,16). The molecule has 0 atom stereocenters. The van der Waals surface area contributed by atoms with Gasteiger partial charge in [-0.25, -0.2) is 14.2 Å². The van der Waals surface area contributed by atoms with E-state index in [4.69, 9.17) is 5.26 Å². The van der Waals surface area contributed by atoms with E-state index in [0.717, 1.165) is 17.4 Å². The molecule has 7 heteroatoms. The molecule has 0 bridgehead atoms. The molecule has 2 rings (SSSR count). The zero-order valence-electron chi connectivity index (χ0n) is 9.81. The third-order valence-corrected chi connectivity index (χ3v) is 3.12. The molecule has 19 heavy (non-hydrogen) atoms. The summed E-state index contributed by atoms with van der Waals surface area (Å²) in [4.78, 5) is 15.5. The number of esters is 1. The van der Waals surface area contributed by atoms with E-state index in [9.17, 15) is 9.18 Å². The van der Waals surface area contributed by atoms with Gasteiger partial charge in [0.1, 0.15) is 10.7 Å². The minimum Gasteiger partial charge on any atom is -0.465 e. The maximum Gasteiger partial charge on any atom is 0.349 e. The SMILES string of the molecule is COC(=O)c1cnc(Nc2ccc(C#N)cc2F)s1. The van der Waals surface area contributed by atoms with Gasteiger partial charge < -0.3 is 10.1 Å². The summed E-state index contributed by atoms with van der Waals surface area (Å²) in [5.74, 6) is -1.06. The van der Waals surface area contributed by atoms with Crippen LogP contribution in [0.5, 0.6) is 0 Å². The highest BCUT2D eigenvalue weighted by Crippen LogP contribution is 2.25. The van der Waals surface area contributed by atoms with Gasteiger partial charge in [0.25, 0.3) is 0 Å². The summed E-state index contributed by atoms with van der Waals surface area (Å²) in [6.45, 7) is 0. The number of hydrogen-bond acceptors (Lipinski definition) is 6. The molecule has 0 saturated carbocycles. The number of nitriles is 1. The van der Waals surface area contributed by atoms with E-state index in [1.54, 1.807) is 0 Å². The summed E-state index contributed by atoms with van der Waals surface area (Å²) < 4.78 is 18.2. The van der Waals surface area contributed by atoms with E-state index in [0.29, 0.717) is 10.0 Å². The summed E-state index contributed by atoms with van der Waals surface area (Å²) in [6.07, 6.45) is 1.35. The molecule has 0 fully saturated rings. The highest BCUT2D eigenvalue weighted by atomic mass is 32.1. The fourth-order valence-electron chi connectivity index (χ4n) is 1.33. The number of benzene rings is 1. The Morgan fingerprint density at radius 1 is 1.58 bits per heavy atom. The predicted octanol–water partition coefficient (Wildman–Crippen LogP) is 2.68. The Morgan fingerprint density at radius 2 is 2.37 bits per heavy atom. The van der Waals surface area contributed by atoms with E-state index in [1.807, 2.05) is 6.07 Å². The third-order valence-electron chi connectivity index (χ3n) is 2.23. The molecule has 1 N–H and O–H groups in total. The van der Waals surface area contributed by atoms with Crippen molar-refractivity contribution in [1.29, 1.82) is 5.26 Å². The first-order valence-corrected chi connectivity index (χ1v) is 5.96. The van der Waals surface area contributed by atoms with E-state index >= 15 is 0 Å². The van der Waals surface area contributed by atoms with Crippen molar-refractivity contribution in [2.24, 2.45) is 0 Å². The quantitative estimate of drug-likeness (QED) is 0.873. The highest BCUT2D eigenvalue weighted by Gasteiger charge is 2.12. The predicted molar refractivity (Wildman–Crippen MR) is 67.9 cm³/mol. The monoisotopic (exact) mass is 277 g/mol. The topological polar surface area (TPSA) is 75.0 Å². The first-order valence-electron chi connectivity index (χ1n) is 5.15. The Bertz CT molecular complexity index is 663. The normalized spacial score (nSPS) is 9.74. The first kappa shape index (κ1) is 13.0. The summed E-state index contributed by atoms with van der Waals surface area (Å²) in [5.41, 5.74) is 0.419. The molecule has 0 radical (unpaired) electrons. The Labute approximate surface area is 112 Å². The number of ether oxygens (including phenoxy) is 1. The maximum absolute atomic E-state index is 13.6. The zero-order valence-corrected chi connectivity index (χ0v) is 10.6. The number of aromatic nitrogens is 1. The lowest BCUT2D eigenvalue weighted by Gasteiger charge is -2.03. The third kappa shape index (κ3) is 2.86. The van der Waals surface area contributed by atoms with Gasteiger partial charge in [0.2, 0.25) is 0 Å². The van der Waals surface area contributed by atoms with Gasteiger partial charge in [0, 0.05) is 0 Å². The molecule has 0 aliphatic rings. The molecule has 96 valence electrons. The number of carbonyl (C=O) groups is 1. The smallest absolute Gasteiger partial charge is 0.349 e. The summed E-state index contributed by atoms with van der Waals surface area (Å²) in [6, 6.07) is 5.89. The van der Waals surface area contributed by atoms with Crippen LogP contribution in [-0.4, -0.2) is 18.1 Å². The fourth-order valence-corrected chi connectivity index (χ4v) is 2.07. The van der Waals surface area contributed by atoms with E-state index < -0.39 is 11.8 Å². The lowest BCUT2D eigenvalue weighted by molar-refractivity contribution is 0.0606. The van der Waals surface area contributed by atoms with Crippen molar-refractivity contribution in [3.8, 4) is 6.07 Å². The second kappa shape index (κ2) is 5.46. The molecular weight excluding hydrogens is 269 g/mol. The van der Waals surface area contributed by atoms with Gasteiger partial charge in [0.05, 0.1) is 30.6 Å². The minimum atomic E-state index is -0.561. The van der Waals surface area contributed by atoms with Crippen LogP contribution in [-0.2, 0) is 4.74 Å². The van der Waals surface area contributed by atoms with Crippen molar-refractivity contribution in [2.75, 3.05) is 12.4 Å². The number of hydrogen-bond donors (Lipinski definition) is 1. The van der Waals surface area contributed by atoms with Gasteiger partial charge in [-0.05, 0) is 18.2 Å². The Morgan fingerprint density at radius 3 is 3.00 bits per heavy atom. The summed E-state index contributed by atoms with van der Waals surface area (Å²) in [7, 11) is 1.27. The molecule has 1 aromatic carbocycles. The van der Waals surface area contributed by atoms with Gasteiger partial charge in [-0.3, -0.25) is 0 Å². The van der Waals surface area contributed by atoms with Crippen LogP contribution in [0.1, 0.15) is 15.2 Å². The van der Waals surface area contributed by atoms with Crippen molar-refractivity contribution in [3.63, 3.8) is 0 Å². The van der Waals surface area contributed by atoms with Crippen molar-refractivity contribution in [3.05, 3.63) is 40.7 Å². The zero-order chi connectivity index (χ0) is 13.8. The van der Waals surface area contributed by atoms with Gasteiger partial charge in [-0.15, -0.1) is 0 Å². The molecule has 2 aromatic rings. The summed E-state index contributed by atoms with van der Waals surface area (Å²) >= 11 is 1.05. The molecule has 1 heterocycles. The summed E-state index contributed by atoms with van der Waals surface area (Å²) in [5, 5.41) is 11.7. The fraction of sp³-hybridized carbons (Fsp3) is 0.0833. The molecule has 5 nitrogen and oxygen atoms in total. The van der Waals surface area contributed by atoms with Crippen LogP contribution in [0.15, 0.2) is 24.4 Å². The second-order valence-electron chi connectivity index (χ2n) is 3.45. The van der Waals surface area contributed by atoms with Crippen molar-refractivity contribution < 1.29 is 13.9 Å². The Balaban J connectivity index is 2.20. The first-order chi connectivity index (χ1) is 9.13. The number of carbonyl (C=O) groups excluding carboxylic acids is 1. The number of nitrogens with one attached hydrogen (secondary N) is 1. The van der Waals surface area contributed by atoms with E-state index in [1.165, 1.54) is 25.4 Å². The van der Waals surface area contributed by atoms with Crippen molar-refractivity contribution in [1.82, 2.24) is 4.98 Å². The lowest BCUT2D eigenvalue weighted by Crippen LogP contribution is -1.96. The van der Waals surface area contributed by atoms with Gasteiger partial charge in [0.15, 0.2) is 5.13 Å². The van der Waals surface area contributed by atoms with Crippen molar-refractivity contribution in [2.45, 2.75) is 0 Å². The molecule has 0 unspecified atom stereocenters. The molecule has 0 saturated heterocycles. The van der Waals surface area contributed by atoms with Gasteiger partial charge in [-0.2, -0.15) is 5.26 Å². The van der Waals surface area contributed by atoms with Crippen LogP contribution in [0.4, 0.5) is 15.2 Å². The van der Waals surface area contributed by atoms with Gasteiger partial charge in [-0.1, -0.05) is 11.3 Å². The lowest BCUT2D eigenvalue weighted by atomic mass is 10.2. The van der Waals surface area contributed by atoms with Crippen LogP contribution >= 0.6 is 11.3 Å². The van der Waals surface area contributed by atoms with Crippen LogP contribution in [0.25, 0.3) is 0 Å². The number of thiazole rings is 1. The average molecular weight is 277 g/mol. The molecule has 0 amide bonds. The average Bonchev–Trinajstić information content (AvgIpc) is 2.88. The van der Waals surface area contributed by atoms with Crippen molar-refractivity contribution >= 4 is 28.1 Å². The molecule has 1 aromatic heterocycles. The number of anilines is 2. The molecule has 0 spiro atoms. The van der Waals surface area contributed by atoms with Crippen LogP contribution in [0.3, 0.4) is 0 Å². The minimum absolute atomic E-state index is 0.185. The molecule has 0 aliphatic carbocycles. The molecular formula is C12H8FN3O2S. The van der Waals surface area contributed by atoms with Gasteiger partial charge >= 0.3 is 5.97 Å². The number of halogens is 1. The van der Waals surface area contributed by atoms with E-state index in [2.05, 4.69) is 15.0 Å². The van der Waals surface area contributed by atoms with Crippen LogP contribution < -0.4 is 5.32 Å². The number of rotatable bonds is 3. The number of methoxy groups -OCH3 is 1. The second-order valence-corrected chi connectivity index (χ2v) is 4.48. The van der Waals surface area contributed by atoms with E-state index in [-0.39, 0.29) is 11.3 Å².